The van der Waals surface area contributed by atoms with Crippen molar-refractivity contribution in [3.63, 3.8) is 0 Å². The lowest BCUT2D eigenvalue weighted by Crippen LogP contribution is -2.27. The van der Waals surface area contributed by atoms with E-state index in [4.69, 9.17) is 0 Å². The van der Waals surface area contributed by atoms with Gasteiger partial charge < -0.3 is 4.90 Å². The van der Waals surface area contributed by atoms with E-state index in [0.29, 0.717) is 30.0 Å². The maximum atomic E-state index is 12.8. The van der Waals surface area contributed by atoms with Gasteiger partial charge in [-0.25, -0.2) is 0 Å². The molecular weight excluding hydrogens is 452 g/mol. The van der Waals surface area contributed by atoms with Crippen LogP contribution in [-0.2, 0) is 19.6 Å². The molecule has 9 nitrogen and oxygen atoms in total. The molecule has 1 amide bonds. The van der Waals surface area contributed by atoms with Gasteiger partial charge in [0.15, 0.2) is 0 Å². The number of hydrogen-bond acceptors (Lipinski definition) is 5. The molecule has 10 heteroatoms. The summed E-state index contributed by atoms with van der Waals surface area (Å²) in [7, 11) is 1.75. The molecule has 0 aliphatic carbocycles. The molecular formula is C20H23BrN6O3. The molecule has 1 aromatic carbocycles. The van der Waals surface area contributed by atoms with E-state index in [1.165, 1.54) is 0 Å². The quantitative estimate of drug-likeness (QED) is 0.383. The summed E-state index contributed by atoms with van der Waals surface area (Å²) < 4.78 is 4.34. The summed E-state index contributed by atoms with van der Waals surface area (Å²) in [6.07, 6.45) is 1.73. The number of hydrogen-bond donors (Lipinski definition) is 0. The van der Waals surface area contributed by atoms with Crippen LogP contribution >= 0.6 is 15.9 Å². The fourth-order valence-corrected chi connectivity index (χ4v) is 3.79. The van der Waals surface area contributed by atoms with E-state index in [1.807, 2.05) is 23.7 Å². The second-order valence-electron chi connectivity index (χ2n) is 7.05. The Bertz CT molecular complexity index is 1090. The van der Waals surface area contributed by atoms with E-state index in [2.05, 4.69) is 26.1 Å². The molecule has 2 aromatic heterocycles. The van der Waals surface area contributed by atoms with Crippen LogP contribution in [0.5, 0.6) is 0 Å². The largest absolute Gasteiger partial charge is 0.336 e. The predicted octanol–water partition coefficient (Wildman–Crippen LogP) is 3.71. The summed E-state index contributed by atoms with van der Waals surface area (Å²) in [5.41, 5.74) is 3.36. The third-order valence-electron chi connectivity index (χ3n) is 4.99. The van der Waals surface area contributed by atoms with Crippen molar-refractivity contribution in [3.05, 3.63) is 73.3 Å². The number of benzene rings is 1. The van der Waals surface area contributed by atoms with Gasteiger partial charge in [-0.15, -0.1) is 0 Å². The van der Waals surface area contributed by atoms with Crippen molar-refractivity contribution in [2.45, 2.75) is 40.4 Å². The number of nitro groups is 1. The van der Waals surface area contributed by atoms with Crippen LogP contribution in [0.25, 0.3) is 0 Å². The Morgan fingerprint density at radius 2 is 1.90 bits per heavy atom. The van der Waals surface area contributed by atoms with Gasteiger partial charge in [-0.3, -0.25) is 24.3 Å². The SMILES string of the molecule is CCn1ncc(Br)c1CN(C)C(=O)c1ccc(Cn2nc(C)c([N+](=O)[O-])c2C)cc1. The molecule has 0 radical (unpaired) electrons. The lowest BCUT2D eigenvalue weighted by atomic mass is 10.1. The second-order valence-corrected chi connectivity index (χ2v) is 7.90. The van der Waals surface area contributed by atoms with Crippen molar-refractivity contribution in [3.8, 4) is 0 Å². The fourth-order valence-electron chi connectivity index (χ4n) is 3.37. The fraction of sp³-hybridized carbons (Fsp3) is 0.350. The summed E-state index contributed by atoms with van der Waals surface area (Å²) in [6, 6.07) is 7.21. The molecule has 3 rings (SSSR count). The van der Waals surface area contributed by atoms with Crippen molar-refractivity contribution >= 4 is 27.5 Å². The van der Waals surface area contributed by atoms with Crippen LogP contribution in [0, 0.1) is 24.0 Å². The number of carbonyl (C=O) groups is 1. The minimum atomic E-state index is -0.408. The molecule has 158 valence electrons. The first-order valence-corrected chi connectivity index (χ1v) is 10.2. The zero-order valence-electron chi connectivity index (χ0n) is 17.3. The van der Waals surface area contributed by atoms with E-state index in [-0.39, 0.29) is 11.6 Å². The first-order valence-electron chi connectivity index (χ1n) is 9.45. The predicted molar refractivity (Wildman–Crippen MR) is 115 cm³/mol. The van der Waals surface area contributed by atoms with Gasteiger partial charge in [0.2, 0.25) is 0 Å². The highest BCUT2D eigenvalue weighted by molar-refractivity contribution is 9.10. The van der Waals surface area contributed by atoms with Gasteiger partial charge in [0.1, 0.15) is 11.4 Å². The first kappa shape index (κ1) is 21.7. The van der Waals surface area contributed by atoms with Gasteiger partial charge in [0.25, 0.3) is 5.91 Å². The maximum Gasteiger partial charge on any atom is 0.312 e. The van der Waals surface area contributed by atoms with Gasteiger partial charge in [0, 0.05) is 19.2 Å². The maximum absolute atomic E-state index is 12.8. The number of aryl methyl sites for hydroxylation is 2. The lowest BCUT2D eigenvalue weighted by molar-refractivity contribution is -0.386. The van der Waals surface area contributed by atoms with E-state index < -0.39 is 4.92 Å². The van der Waals surface area contributed by atoms with Gasteiger partial charge in [0.05, 0.1) is 34.4 Å². The summed E-state index contributed by atoms with van der Waals surface area (Å²) in [4.78, 5) is 25.2. The molecule has 2 heterocycles. The first-order chi connectivity index (χ1) is 14.2. The molecule has 0 fully saturated rings. The second kappa shape index (κ2) is 8.78. The van der Waals surface area contributed by atoms with Gasteiger partial charge in [-0.2, -0.15) is 10.2 Å². The summed E-state index contributed by atoms with van der Waals surface area (Å²) >= 11 is 3.48. The molecule has 0 saturated heterocycles. The third-order valence-corrected chi connectivity index (χ3v) is 5.65. The smallest absolute Gasteiger partial charge is 0.312 e. The number of amides is 1. The molecule has 0 spiro atoms. The standard InChI is InChI=1S/C20H23BrN6O3/c1-5-25-18(17(21)10-22-25)12-24(4)20(28)16-8-6-15(7-9-16)11-26-14(3)19(27(29)30)13(2)23-26/h6-10H,5,11-12H2,1-4H3. The Hall–Kier alpha value is -3.01. The number of aromatic nitrogens is 4. The molecule has 0 bridgehead atoms. The zero-order valence-corrected chi connectivity index (χ0v) is 18.9. The molecule has 0 aliphatic rings. The Morgan fingerprint density at radius 1 is 1.23 bits per heavy atom. The van der Waals surface area contributed by atoms with Gasteiger partial charge in [-0.05, 0) is 54.4 Å². The van der Waals surface area contributed by atoms with Crippen LogP contribution in [0.3, 0.4) is 0 Å². The van der Waals surface area contributed by atoms with E-state index >= 15 is 0 Å². The van der Waals surface area contributed by atoms with E-state index in [0.717, 1.165) is 22.3 Å². The highest BCUT2D eigenvalue weighted by Crippen LogP contribution is 2.23. The van der Waals surface area contributed by atoms with Crippen LogP contribution < -0.4 is 0 Å². The van der Waals surface area contributed by atoms with Crippen LogP contribution in [0.2, 0.25) is 0 Å². The van der Waals surface area contributed by atoms with Gasteiger partial charge in [-0.1, -0.05) is 12.1 Å². The highest BCUT2D eigenvalue weighted by Gasteiger charge is 2.22. The normalized spacial score (nSPS) is 11.0. The van der Waals surface area contributed by atoms with Crippen LogP contribution in [0.1, 0.15) is 39.9 Å². The number of carbonyl (C=O) groups excluding carboxylic acids is 1. The van der Waals surface area contributed by atoms with Crippen molar-refractivity contribution in [2.75, 3.05) is 7.05 Å². The number of nitrogens with zero attached hydrogens (tertiary/aromatic N) is 6. The Labute approximate surface area is 182 Å². The van der Waals surface area contributed by atoms with E-state index in [1.54, 1.807) is 48.8 Å². The van der Waals surface area contributed by atoms with Crippen LogP contribution in [0.15, 0.2) is 34.9 Å². The third kappa shape index (κ3) is 4.28. The summed E-state index contributed by atoms with van der Waals surface area (Å²) in [5.74, 6) is -0.0981. The molecule has 3 aromatic rings. The monoisotopic (exact) mass is 474 g/mol. The summed E-state index contributed by atoms with van der Waals surface area (Å²) in [5, 5.41) is 19.7. The molecule has 30 heavy (non-hydrogen) atoms. The minimum absolute atomic E-state index is 0.0425. The Morgan fingerprint density at radius 3 is 2.47 bits per heavy atom. The lowest BCUT2D eigenvalue weighted by Gasteiger charge is -2.18. The molecule has 0 aliphatic heterocycles. The number of rotatable bonds is 7. The van der Waals surface area contributed by atoms with Crippen molar-refractivity contribution < 1.29 is 9.72 Å². The van der Waals surface area contributed by atoms with Crippen molar-refractivity contribution in [1.29, 1.82) is 0 Å². The average Bonchev–Trinajstić information content (AvgIpc) is 3.20. The number of halogens is 1. The minimum Gasteiger partial charge on any atom is -0.336 e. The van der Waals surface area contributed by atoms with Crippen molar-refractivity contribution in [1.82, 2.24) is 24.5 Å². The summed E-state index contributed by atoms with van der Waals surface area (Å²) in [6.45, 7) is 6.87. The molecule has 0 atom stereocenters. The van der Waals surface area contributed by atoms with E-state index in [9.17, 15) is 14.9 Å². The van der Waals surface area contributed by atoms with Crippen LogP contribution in [-0.4, -0.2) is 42.3 Å². The Balaban J connectivity index is 1.72. The molecule has 0 unspecified atom stereocenters. The van der Waals surface area contributed by atoms with Crippen LogP contribution in [0.4, 0.5) is 5.69 Å². The highest BCUT2D eigenvalue weighted by atomic mass is 79.9. The zero-order chi connectivity index (χ0) is 22.0. The molecule has 0 saturated carbocycles. The topological polar surface area (TPSA) is 99.1 Å². The Kier molecular flexibility index (Phi) is 6.35. The van der Waals surface area contributed by atoms with Crippen molar-refractivity contribution in [2.24, 2.45) is 0 Å². The molecule has 0 N–H and O–H groups in total. The average molecular weight is 475 g/mol. The van der Waals surface area contributed by atoms with Gasteiger partial charge >= 0.3 is 5.69 Å².